The Morgan fingerprint density at radius 3 is 2.42 bits per heavy atom. The molecule has 2 nitrogen and oxygen atoms in total. The van der Waals surface area contributed by atoms with Crippen molar-refractivity contribution >= 4 is 0 Å². The second kappa shape index (κ2) is 6.20. The summed E-state index contributed by atoms with van der Waals surface area (Å²) in [4.78, 5) is 0. The lowest BCUT2D eigenvalue weighted by Gasteiger charge is -2.36. The number of aryl methyl sites for hydroxylation is 1. The number of hydrogen-bond acceptors (Lipinski definition) is 2. The Morgan fingerprint density at radius 1 is 0.875 bits per heavy atom. The molecule has 2 aliphatic rings. The molecule has 122 valence electrons. The van der Waals surface area contributed by atoms with E-state index in [4.69, 9.17) is 0 Å². The van der Waals surface area contributed by atoms with Gasteiger partial charge in [-0.1, -0.05) is 36.4 Å². The van der Waals surface area contributed by atoms with E-state index in [9.17, 15) is 10.2 Å². The second-order valence-electron chi connectivity index (χ2n) is 6.78. The zero-order valence-electron chi connectivity index (χ0n) is 13.7. The fraction of sp³-hybridized carbons (Fsp3) is 0.273. The standard InChI is InChI=1S/C22H22O2/c23-18-9-6-16(7-10-18)22-20(15-4-2-1-3-5-15)12-8-17-14-19(24)11-13-21(17)22/h2,4-7,9-11,13-14,20,22-24H,1,3,8,12H2. The van der Waals surface area contributed by atoms with Crippen LogP contribution in [0.25, 0.3) is 0 Å². The average molecular weight is 318 g/mol. The van der Waals surface area contributed by atoms with Gasteiger partial charge in [0.15, 0.2) is 0 Å². The first-order valence-electron chi connectivity index (χ1n) is 8.69. The molecule has 2 aliphatic carbocycles. The third-order valence-electron chi connectivity index (χ3n) is 5.29. The molecule has 4 rings (SSSR count). The third-order valence-corrected chi connectivity index (χ3v) is 5.29. The van der Waals surface area contributed by atoms with Gasteiger partial charge in [0.1, 0.15) is 11.5 Å². The van der Waals surface area contributed by atoms with Gasteiger partial charge in [0.25, 0.3) is 0 Å². The van der Waals surface area contributed by atoms with Crippen molar-refractivity contribution in [2.45, 2.75) is 31.6 Å². The van der Waals surface area contributed by atoms with E-state index in [0.717, 1.165) is 25.7 Å². The summed E-state index contributed by atoms with van der Waals surface area (Å²) in [6, 6.07) is 13.4. The smallest absolute Gasteiger partial charge is 0.115 e. The molecule has 0 aromatic heterocycles. The van der Waals surface area contributed by atoms with Crippen molar-refractivity contribution in [1.82, 2.24) is 0 Å². The van der Waals surface area contributed by atoms with E-state index in [1.165, 1.54) is 22.3 Å². The van der Waals surface area contributed by atoms with E-state index >= 15 is 0 Å². The molecule has 0 spiro atoms. The topological polar surface area (TPSA) is 40.5 Å². The molecule has 0 radical (unpaired) electrons. The van der Waals surface area contributed by atoms with Crippen LogP contribution in [0.5, 0.6) is 11.5 Å². The van der Waals surface area contributed by atoms with Crippen LogP contribution in [0.1, 0.15) is 41.9 Å². The van der Waals surface area contributed by atoms with Gasteiger partial charge in [-0.3, -0.25) is 0 Å². The van der Waals surface area contributed by atoms with Crippen molar-refractivity contribution in [3.8, 4) is 11.5 Å². The van der Waals surface area contributed by atoms with Crippen LogP contribution in [0, 0.1) is 5.92 Å². The van der Waals surface area contributed by atoms with Crippen molar-refractivity contribution in [1.29, 1.82) is 0 Å². The van der Waals surface area contributed by atoms with Crippen LogP contribution < -0.4 is 0 Å². The van der Waals surface area contributed by atoms with Gasteiger partial charge in [-0.25, -0.2) is 0 Å². The number of rotatable bonds is 2. The lowest BCUT2D eigenvalue weighted by atomic mass is 9.68. The Morgan fingerprint density at radius 2 is 1.67 bits per heavy atom. The summed E-state index contributed by atoms with van der Waals surface area (Å²) >= 11 is 0. The predicted molar refractivity (Wildman–Crippen MR) is 96.3 cm³/mol. The minimum Gasteiger partial charge on any atom is -0.508 e. The maximum Gasteiger partial charge on any atom is 0.115 e. The van der Waals surface area contributed by atoms with Crippen molar-refractivity contribution in [2.24, 2.45) is 5.92 Å². The Labute approximate surface area is 142 Å². The maximum absolute atomic E-state index is 9.84. The Hall–Kier alpha value is -2.48. The molecule has 0 aliphatic heterocycles. The highest BCUT2D eigenvalue weighted by molar-refractivity contribution is 5.48. The first-order chi connectivity index (χ1) is 11.7. The van der Waals surface area contributed by atoms with Gasteiger partial charge < -0.3 is 10.2 Å². The Balaban J connectivity index is 1.82. The largest absolute Gasteiger partial charge is 0.508 e. The Kier molecular flexibility index (Phi) is 3.89. The molecule has 0 saturated carbocycles. The normalized spacial score (nSPS) is 22.8. The van der Waals surface area contributed by atoms with E-state index < -0.39 is 0 Å². The monoisotopic (exact) mass is 318 g/mol. The van der Waals surface area contributed by atoms with E-state index in [-0.39, 0.29) is 5.92 Å². The van der Waals surface area contributed by atoms with E-state index in [1.807, 2.05) is 18.2 Å². The number of aromatic hydroxyl groups is 2. The van der Waals surface area contributed by atoms with Crippen LogP contribution in [0.4, 0.5) is 0 Å². The minimum absolute atomic E-state index is 0.268. The lowest BCUT2D eigenvalue weighted by molar-refractivity contribution is 0.456. The van der Waals surface area contributed by atoms with Crippen LogP contribution in [0.15, 0.2) is 66.3 Å². The average Bonchev–Trinajstić information content (AvgIpc) is 2.62. The van der Waals surface area contributed by atoms with E-state index in [1.54, 1.807) is 18.2 Å². The third kappa shape index (κ3) is 2.73. The summed E-state index contributed by atoms with van der Waals surface area (Å²) in [5.41, 5.74) is 5.20. The summed E-state index contributed by atoms with van der Waals surface area (Å²) in [5.74, 6) is 1.36. The Bertz CT molecular complexity index is 799. The highest BCUT2D eigenvalue weighted by atomic mass is 16.3. The molecule has 0 amide bonds. The summed E-state index contributed by atoms with van der Waals surface area (Å²) in [7, 11) is 0. The fourth-order valence-corrected chi connectivity index (χ4v) is 4.17. The quantitative estimate of drug-likeness (QED) is 0.811. The predicted octanol–water partition coefficient (Wildman–Crippen LogP) is 5.07. The molecule has 0 fully saturated rings. The van der Waals surface area contributed by atoms with Gasteiger partial charge >= 0.3 is 0 Å². The summed E-state index contributed by atoms with van der Waals surface area (Å²) in [6.45, 7) is 0. The number of hydrogen-bond donors (Lipinski definition) is 2. The van der Waals surface area contributed by atoms with Gasteiger partial charge in [0.05, 0.1) is 0 Å². The van der Waals surface area contributed by atoms with E-state index in [2.05, 4.69) is 24.3 Å². The molecule has 2 aromatic rings. The molecule has 2 unspecified atom stereocenters. The van der Waals surface area contributed by atoms with Gasteiger partial charge in [-0.2, -0.15) is 0 Å². The molecule has 0 saturated heterocycles. The van der Waals surface area contributed by atoms with Crippen molar-refractivity contribution in [3.05, 3.63) is 83.0 Å². The molecule has 0 bridgehead atoms. The molecule has 2 heteroatoms. The molecule has 24 heavy (non-hydrogen) atoms. The highest BCUT2D eigenvalue weighted by Gasteiger charge is 2.32. The van der Waals surface area contributed by atoms with Crippen molar-refractivity contribution < 1.29 is 10.2 Å². The first kappa shape index (κ1) is 15.1. The zero-order valence-corrected chi connectivity index (χ0v) is 13.7. The second-order valence-corrected chi connectivity index (χ2v) is 6.78. The zero-order chi connectivity index (χ0) is 16.5. The van der Waals surface area contributed by atoms with Crippen molar-refractivity contribution in [3.63, 3.8) is 0 Å². The molecule has 2 atom stereocenters. The van der Waals surface area contributed by atoms with E-state index in [0.29, 0.717) is 17.4 Å². The van der Waals surface area contributed by atoms with Crippen LogP contribution in [0.3, 0.4) is 0 Å². The first-order valence-corrected chi connectivity index (χ1v) is 8.69. The summed E-state index contributed by atoms with van der Waals surface area (Å²) < 4.78 is 0. The summed E-state index contributed by atoms with van der Waals surface area (Å²) in [6.07, 6.45) is 11.3. The molecular weight excluding hydrogens is 296 g/mol. The highest BCUT2D eigenvalue weighted by Crippen LogP contribution is 2.46. The van der Waals surface area contributed by atoms with Gasteiger partial charge in [0.2, 0.25) is 0 Å². The van der Waals surface area contributed by atoms with Gasteiger partial charge in [-0.15, -0.1) is 0 Å². The molecule has 2 N–H and O–H groups in total. The number of allylic oxidation sites excluding steroid dienone is 4. The number of phenols is 2. The fourth-order valence-electron chi connectivity index (χ4n) is 4.17. The molecular formula is C22H22O2. The molecule has 2 aromatic carbocycles. The van der Waals surface area contributed by atoms with Gasteiger partial charge in [0, 0.05) is 5.92 Å². The molecule has 0 heterocycles. The number of benzene rings is 2. The SMILES string of the molecule is Oc1ccc(C2c3ccc(O)cc3CCC2C2=CCCC=C2)cc1. The van der Waals surface area contributed by atoms with Crippen LogP contribution in [-0.2, 0) is 6.42 Å². The van der Waals surface area contributed by atoms with Crippen molar-refractivity contribution in [2.75, 3.05) is 0 Å². The minimum atomic E-state index is 0.268. The maximum atomic E-state index is 9.84. The number of fused-ring (bicyclic) bond motifs is 1. The van der Waals surface area contributed by atoms with Crippen LogP contribution >= 0.6 is 0 Å². The number of phenolic OH excluding ortho intramolecular Hbond substituents is 2. The lowest BCUT2D eigenvalue weighted by Crippen LogP contribution is -2.23. The van der Waals surface area contributed by atoms with Crippen LogP contribution in [0.2, 0.25) is 0 Å². The van der Waals surface area contributed by atoms with Gasteiger partial charge in [-0.05, 0) is 78.1 Å². The summed E-state index contributed by atoms with van der Waals surface area (Å²) in [5, 5.41) is 19.5. The van der Waals surface area contributed by atoms with Crippen LogP contribution in [-0.4, -0.2) is 10.2 Å².